The van der Waals surface area contributed by atoms with E-state index in [-0.39, 0.29) is 0 Å². The first-order valence-corrected chi connectivity index (χ1v) is 9.02. The third-order valence-corrected chi connectivity index (χ3v) is 5.43. The van der Waals surface area contributed by atoms with E-state index in [1.54, 1.807) is 0 Å². The van der Waals surface area contributed by atoms with Gasteiger partial charge in [0.05, 0.1) is 17.8 Å². The molecular formula is C22H22N2. The summed E-state index contributed by atoms with van der Waals surface area (Å²) in [5.74, 6) is 0.705. The molecule has 0 spiro atoms. The van der Waals surface area contributed by atoms with E-state index in [0.29, 0.717) is 18.4 Å². The molecule has 0 heterocycles. The lowest BCUT2D eigenvalue weighted by Gasteiger charge is -2.31. The van der Waals surface area contributed by atoms with Crippen LogP contribution < -0.4 is 0 Å². The van der Waals surface area contributed by atoms with Crippen molar-refractivity contribution in [2.45, 2.75) is 44.6 Å². The molecule has 1 unspecified atom stereocenters. The van der Waals surface area contributed by atoms with Crippen LogP contribution in [0.25, 0.3) is 11.1 Å². The van der Waals surface area contributed by atoms with Crippen LogP contribution in [-0.2, 0) is 0 Å². The van der Waals surface area contributed by atoms with Gasteiger partial charge in [-0.05, 0) is 42.7 Å². The molecule has 2 aliphatic carbocycles. The van der Waals surface area contributed by atoms with Gasteiger partial charge in [-0.15, -0.1) is 0 Å². The van der Waals surface area contributed by atoms with Gasteiger partial charge < -0.3 is 0 Å². The highest BCUT2D eigenvalue weighted by Gasteiger charge is 2.30. The summed E-state index contributed by atoms with van der Waals surface area (Å²) in [6.45, 7) is 0. The highest BCUT2D eigenvalue weighted by molar-refractivity contribution is 6.24. The number of unbranched alkanes of at least 4 members (excludes halogenated alkanes) is 1. The Labute approximate surface area is 143 Å². The summed E-state index contributed by atoms with van der Waals surface area (Å²) in [6, 6.07) is 19.8. The molecule has 2 nitrogen and oxygen atoms in total. The van der Waals surface area contributed by atoms with Crippen LogP contribution in [0, 0.1) is 17.2 Å². The second-order valence-electron chi connectivity index (χ2n) is 6.88. The van der Waals surface area contributed by atoms with Gasteiger partial charge in [-0.3, -0.25) is 4.99 Å². The van der Waals surface area contributed by atoms with Gasteiger partial charge in [-0.1, -0.05) is 55.0 Å². The first kappa shape index (κ1) is 15.1. The SMILES string of the molecule is N#CCCCC(N=C1c2ccccc2-c2ccccc21)C1CCC1. The summed E-state index contributed by atoms with van der Waals surface area (Å²) in [4.78, 5) is 5.26. The molecular weight excluding hydrogens is 292 g/mol. The monoisotopic (exact) mass is 314 g/mol. The Kier molecular flexibility index (Phi) is 4.17. The van der Waals surface area contributed by atoms with Crippen molar-refractivity contribution in [3.63, 3.8) is 0 Å². The molecule has 2 aromatic carbocycles. The number of rotatable bonds is 5. The van der Waals surface area contributed by atoms with Crippen molar-refractivity contribution in [3.05, 3.63) is 59.7 Å². The maximum absolute atomic E-state index is 8.85. The smallest absolute Gasteiger partial charge is 0.0734 e. The zero-order chi connectivity index (χ0) is 16.4. The average Bonchev–Trinajstić information content (AvgIpc) is 2.88. The Bertz CT molecular complexity index is 761. The molecule has 1 saturated carbocycles. The van der Waals surface area contributed by atoms with E-state index in [2.05, 4.69) is 54.6 Å². The second kappa shape index (κ2) is 6.61. The fraction of sp³-hybridized carbons (Fsp3) is 0.364. The molecule has 2 heteroatoms. The van der Waals surface area contributed by atoms with Crippen LogP contribution in [0.3, 0.4) is 0 Å². The summed E-state index contributed by atoms with van der Waals surface area (Å²) in [5.41, 5.74) is 6.30. The van der Waals surface area contributed by atoms with Crippen LogP contribution in [0.5, 0.6) is 0 Å². The lowest BCUT2D eigenvalue weighted by molar-refractivity contribution is 0.252. The molecule has 2 aromatic rings. The molecule has 0 N–H and O–H groups in total. The first-order valence-electron chi connectivity index (χ1n) is 9.02. The van der Waals surface area contributed by atoms with Gasteiger partial charge in [0.1, 0.15) is 0 Å². The fourth-order valence-corrected chi connectivity index (χ4v) is 3.92. The average molecular weight is 314 g/mol. The fourth-order valence-electron chi connectivity index (χ4n) is 3.92. The van der Waals surface area contributed by atoms with Gasteiger partial charge in [0.15, 0.2) is 0 Å². The number of nitriles is 1. The van der Waals surface area contributed by atoms with E-state index >= 15 is 0 Å². The predicted octanol–water partition coefficient (Wildman–Crippen LogP) is 5.37. The maximum Gasteiger partial charge on any atom is 0.0734 e. The van der Waals surface area contributed by atoms with Gasteiger partial charge in [0.25, 0.3) is 0 Å². The van der Waals surface area contributed by atoms with Crippen LogP contribution in [-0.4, -0.2) is 11.8 Å². The number of benzene rings is 2. The standard InChI is InChI=1S/C22H22N2/c23-15-6-5-14-21(16-8-7-9-16)24-22-19-12-3-1-10-17(19)18-11-2-4-13-20(18)22/h1-4,10-13,16,21H,5-9,14H2. The lowest BCUT2D eigenvalue weighted by atomic mass is 9.78. The van der Waals surface area contributed by atoms with Crippen molar-refractivity contribution in [3.8, 4) is 17.2 Å². The minimum Gasteiger partial charge on any atom is -0.280 e. The molecule has 0 bridgehead atoms. The normalized spacial score (nSPS) is 16.7. The van der Waals surface area contributed by atoms with Crippen molar-refractivity contribution in [1.82, 2.24) is 0 Å². The topological polar surface area (TPSA) is 36.1 Å². The molecule has 1 atom stereocenters. The molecule has 0 amide bonds. The van der Waals surface area contributed by atoms with Crippen molar-refractivity contribution < 1.29 is 0 Å². The summed E-state index contributed by atoms with van der Waals surface area (Å²) in [7, 11) is 0. The number of nitrogens with zero attached hydrogens (tertiary/aromatic N) is 2. The minimum atomic E-state index is 0.362. The van der Waals surface area contributed by atoms with E-state index in [0.717, 1.165) is 18.6 Å². The third kappa shape index (κ3) is 2.65. The molecule has 2 aliphatic rings. The van der Waals surface area contributed by atoms with Gasteiger partial charge in [0.2, 0.25) is 0 Å². The Balaban J connectivity index is 1.73. The van der Waals surface area contributed by atoms with E-state index in [1.807, 2.05) is 0 Å². The quantitative estimate of drug-likeness (QED) is 0.583. The van der Waals surface area contributed by atoms with Crippen LogP contribution in [0.4, 0.5) is 0 Å². The Morgan fingerprint density at radius 2 is 1.54 bits per heavy atom. The summed E-state index contributed by atoms with van der Waals surface area (Å²) in [5, 5.41) is 8.85. The Morgan fingerprint density at radius 1 is 0.958 bits per heavy atom. The number of fused-ring (bicyclic) bond motifs is 3. The predicted molar refractivity (Wildman–Crippen MR) is 98.1 cm³/mol. The zero-order valence-electron chi connectivity index (χ0n) is 13.9. The van der Waals surface area contributed by atoms with Crippen LogP contribution in [0.2, 0.25) is 0 Å². The third-order valence-electron chi connectivity index (χ3n) is 5.43. The van der Waals surface area contributed by atoms with E-state index in [4.69, 9.17) is 10.3 Å². The van der Waals surface area contributed by atoms with Crippen molar-refractivity contribution >= 4 is 5.71 Å². The molecule has 0 aliphatic heterocycles. The summed E-state index contributed by atoms with van der Waals surface area (Å²) < 4.78 is 0. The van der Waals surface area contributed by atoms with Crippen LogP contribution >= 0.6 is 0 Å². The van der Waals surface area contributed by atoms with Gasteiger partial charge >= 0.3 is 0 Å². The van der Waals surface area contributed by atoms with Crippen molar-refractivity contribution in [1.29, 1.82) is 5.26 Å². The molecule has 1 fully saturated rings. The largest absolute Gasteiger partial charge is 0.280 e. The molecule has 0 saturated heterocycles. The van der Waals surface area contributed by atoms with E-state index in [9.17, 15) is 0 Å². The molecule has 0 aromatic heterocycles. The Hall–Kier alpha value is -2.40. The maximum atomic E-state index is 8.85. The van der Waals surface area contributed by atoms with Crippen molar-refractivity contribution in [2.75, 3.05) is 0 Å². The molecule has 4 rings (SSSR count). The molecule has 120 valence electrons. The Morgan fingerprint density at radius 3 is 2.04 bits per heavy atom. The van der Waals surface area contributed by atoms with E-state index < -0.39 is 0 Å². The lowest BCUT2D eigenvalue weighted by Crippen LogP contribution is -2.26. The first-order chi connectivity index (χ1) is 11.9. The summed E-state index contributed by atoms with van der Waals surface area (Å²) in [6.07, 6.45) is 6.54. The van der Waals surface area contributed by atoms with Gasteiger partial charge in [-0.2, -0.15) is 5.26 Å². The second-order valence-corrected chi connectivity index (χ2v) is 6.88. The minimum absolute atomic E-state index is 0.362. The van der Waals surface area contributed by atoms with E-state index in [1.165, 1.54) is 41.5 Å². The number of hydrogen-bond donors (Lipinski definition) is 0. The summed E-state index contributed by atoms with van der Waals surface area (Å²) >= 11 is 0. The zero-order valence-corrected chi connectivity index (χ0v) is 13.9. The molecule has 24 heavy (non-hydrogen) atoms. The van der Waals surface area contributed by atoms with Crippen molar-refractivity contribution in [2.24, 2.45) is 10.9 Å². The van der Waals surface area contributed by atoms with Crippen LogP contribution in [0.1, 0.15) is 49.7 Å². The number of aliphatic imine (C=N–C) groups is 1. The van der Waals surface area contributed by atoms with Gasteiger partial charge in [-0.25, -0.2) is 0 Å². The number of hydrogen-bond acceptors (Lipinski definition) is 2. The van der Waals surface area contributed by atoms with Crippen LogP contribution in [0.15, 0.2) is 53.5 Å². The highest BCUT2D eigenvalue weighted by atomic mass is 14.8. The molecule has 0 radical (unpaired) electrons. The van der Waals surface area contributed by atoms with Gasteiger partial charge in [0, 0.05) is 17.5 Å². The highest BCUT2D eigenvalue weighted by Crippen LogP contribution is 2.39.